The standard InChI is InChI=1S/C38H80NO3P/c1-4-7-10-13-16-18-20-22-24-26-28-30-33-36-39(43(40,41)42-38-35-32-15-12-9-6-3)37-34-31-29-27-25-23-21-19-17-14-11-8-5-2/h4-38H2,1-3H3,(H,40,41). The second-order valence-corrected chi connectivity index (χ2v) is 15.3. The Balaban J connectivity index is 4.15. The lowest BCUT2D eigenvalue weighted by Crippen LogP contribution is -2.24. The summed E-state index contributed by atoms with van der Waals surface area (Å²) < 4.78 is 20.7. The Hall–Kier alpha value is 0.110. The van der Waals surface area contributed by atoms with Crippen LogP contribution < -0.4 is 0 Å². The second-order valence-electron chi connectivity index (χ2n) is 13.5. The molecular weight excluding hydrogens is 549 g/mol. The van der Waals surface area contributed by atoms with Gasteiger partial charge < -0.3 is 4.89 Å². The maximum absolute atomic E-state index is 13.2. The Labute approximate surface area is 271 Å². The van der Waals surface area contributed by atoms with Gasteiger partial charge in [-0.1, -0.05) is 207 Å². The number of rotatable bonds is 37. The van der Waals surface area contributed by atoms with Crippen molar-refractivity contribution in [1.29, 1.82) is 0 Å². The molecule has 0 spiro atoms. The topological polar surface area (TPSA) is 49.8 Å². The SMILES string of the molecule is CCCCCCCCCCCCCCCN(CCCCCCCCCCCCCCC)P(=O)(O)OCCCCCCCC. The van der Waals surface area contributed by atoms with E-state index >= 15 is 0 Å². The third-order valence-corrected chi connectivity index (χ3v) is 10.8. The van der Waals surface area contributed by atoms with E-state index < -0.39 is 7.75 Å². The van der Waals surface area contributed by atoms with Crippen molar-refractivity contribution in [3.8, 4) is 0 Å². The molecule has 43 heavy (non-hydrogen) atoms. The molecule has 0 aromatic rings. The van der Waals surface area contributed by atoms with Crippen molar-refractivity contribution in [2.45, 2.75) is 226 Å². The van der Waals surface area contributed by atoms with Gasteiger partial charge in [-0.25, -0.2) is 9.24 Å². The van der Waals surface area contributed by atoms with Gasteiger partial charge in [0.2, 0.25) is 0 Å². The average molecular weight is 630 g/mol. The van der Waals surface area contributed by atoms with E-state index in [1.54, 1.807) is 4.67 Å². The Morgan fingerprint density at radius 2 is 0.628 bits per heavy atom. The third-order valence-electron chi connectivity index (χ3n) is 9.15. The summed E-state index contributed by atoms with van der Waals surface area (Å²) in [7, 11) is -3.70. The van der Waals surface area contributed by atoms with E-state index in [9.17, 15) is 9.46 Å². The smallest absolute Gasteiger partial charge is 0.312 e. The van der Waals surface area contributed by atoms with Crippen molar-refractivity contribution in [1.82, 2.24) is 4.67 Å². The minimum atomic E-state index is -3.70. The molecule has 4 nitrogen and oxygen atoms in total. The molecule has 260 valence electrons. The Morgan fingerprint density at radius 3 is 0.907 bits per heavy atom. The Kier molecular flexibility index (Phi) is 35.1. The first-order chi connectivity index (χ1) is 21.1. The maximum Gasteiger partial charge on any atom is 0.405 e. The van der Waals surface area contributed by atoms with Gasteiger partial charge in [0.15, 0.2) is 0 Å². The molecule has 0 aliphatic carbocycles. The molecule has 0 amide bonds. The lowest BCUT2D eigenvalue weighted by molar-refractivity contribution is 0.194. The van der Waals surface area contributed by atoms with Crippen LogP contribution >= 0.6 is 7.75 Å². The fourth-order valence-corrected chi connectivity index (χ4v) is 7.45. The number of hydrogen-bond acceptors (Lipinski definition) is 2. The number of nitrogens with zero attached hydrogens (tertiary/aromatic N) is 1. The molecule has 0 radical (unpaired) electrons. The monoisotopic (exact) mass is 630 g/mol. The molecule has 1 atom stereocenters. The summed E-state index contributed by atoms with van der Waals surface area (Å²) in [6.45, 7) is 8.60. The number of unbranched alkanes of at least 4 members (excludes halogenated alkanes) is 29. The van der Waals surface area contributed by atoms with E-state index in [1.165, 1.54) is 167 Å². The van der Waals surface area contributed by atoms with E-state index in [2.05, 4.69) is 20.8 Å². The molecule has 1 N–H and O–H groups in total. The van der Waals surface area contributed by atoms with Crippen molar-refractivity contribution < 1.29 is 14.0 Å². The van der Waals surface area contributed by atoms with Gasteiger partial charge in [-0.2, -0.15) is 0 Å². The van der Waals surface area contributed by atoms with Gasteiger partial charge in [0.05, 0.1) is 6.61 Å². The van der Waals surface area contributed by atoms with Crippen molar-refractivity contribution in [2.24, 2.45) is 0 Å². The van der Waals surface area contributed by atoms with Crippen LogP contribution in [-0.2, 0) is 9.09 Å². The summed E-state index contributed by atoms with van der Waals surface area (Å²) in [6, 6.07) is 0. The average Bonchev–Trinajstić information content (AvgIpc) is 3.00. The van der Waals surface area contributed by atoms with Crippen molar-refractivity contribution >= 4 is 7.75 Å². The molecule has 0 heterocycles. The van der Waals surface area contributed by atoms with Gasteiger partial charge in [-0.3, -0.25) is 4.52 Å². The highest BCUT2D eigenvalue weighted by Crippen LogP contribution is 2.47. The van der Waals surface area contributed by atoms with Gasteiger partial charge in [0.1, 0.15) is 0 Å². The summed E-state index contributed by atoms with van der Waals surface area (Å²) >= 11 is 0. The van der Waals surface area contributed by atoms with Crippen molar-refractivity contribution in [2.75, 3.05) is 19.7 Å². The first-order valence-corrected chi connectivity index (χ1v) is 21.3. The van der Waals surface area contributed by atoms with Crippen LogP contribution in [0.25, 0.3) is 0 Å². The first-order valence-electron chi connectivity index (χ1n) is 19.8. The van der Waals surface area contributed by atoms with Gasteiger partial charge in [-0.15, -0.1) is 0 Å². The van der Waals surface area contributed by atoms with E-state index in [-0.39, 0.29) is 0 Å². The predicted octanol–water partition coefficient (Wildman–Crippen LogP) is 13.9. The van der Waals surface area contributed by atoms with Crippen LogP contribution in [0.1, 0.15) is 226 Å². The first kappa shape index (κ1) is 43.1. The zero-order valence-electron chi connectivity index (χ0n) is 29.9. The van der Waals surface area contributed by atoms with E-state index in [1.807, 2.05) is 0 Å². The summed E-state index contributed by atoms with van der Waals surface area (Å²) in [6.07, 6.45) is 41.4. The zero-order chi connectivity index (χ0) is 31.5. The van der Waals surface area contributed by atoms with Gasteiger partial charge in [0.25, 0.3) is 0 Å². The van der Waals surface area contributed by atoms with E-state index in [4.69, 9.17) is 4.52 Å². The molecule has 0 aromatic heterocycles. The summed E-state index contributed by atoms with van der Waals surface area (Å²) in [5.41, 5.74) is 0. The van der Waals surface area contributed by atoms with Crippen LogP contribution in [0, 0.1) is 0 Å². The summed E-state index contributed by atoms with van der Waals surface area (Å²) in [4.78, 5) is 10.9. The molecule has 5 heteroatoms. The van der Waals surface area contributed by atoms with E-state index in [0.29, 0.717) is 19.7 Å². The van der Waals surface area contributed by atoms with Crippen LogP contribution in [0.3, 0.4) is 0 Å². The van der Waals surface area contributed by atoms with Crippen LogP contribution in [0.5, 0.6) is 0 Å². The van der Waals surface area contributed by atoms with Crippen molar-refractivity contribution in [3.63, 3.8) is 0 Å². The van der Waals surface area contributed by atoms with Crippen LogP contribution in [0.15, 0.2) is 0 Å². The highest BCUT2D eigenvalue weighted by atomic mass is 31.2. The van der Waals surface area contributed by atoms with Crippen molar-refractivity contribution in [3.05, 3.63) is 0 Å². The molecule has 0 fully saturated rings. The van der Waals surface area contributed by atoms with Crippen LogP contribution in [0.2, 0.25) is 0 Å². The van der Waals surface area contributed by atoms with Gasteiger partial charge >= 0.3 is 7.75 Å². The summed E-state index contributed by atoms with van der Waals surface area (Å²) in [5, 5.41) is 0. The minimum Gasteiger partial charge on any atom is -0.312 e. The summed E-state index contributed by atoms with van der Waals surface area (Å²) in [5.74, 6) is 0. The maximum atomic E-state index is 13.2. The molecule has 0 saturated carbocycles. The molecule has 0 bridgehead atoms. The molecule has 0 aliphatic rings. The molecule has 0 saturated heterocycles. The van der Waals surface area contributed by atoms with Crippen LogP contribution in [0.4, 0.5) is 0 Å². The molecule has 1 unspecified atom stereocenters. The lowest BCUT2D eigenvalue weighted by atomic mass is 10.0. The Morgan fingerprint density at radius 1 is 0.395 bits per heavy atom. The largest absolute Gasteiger partial charge is 0.405 e. The van der Waals surface area contributed by atoms with Crippen LogP contribution in [-0.4, -0.2) is 29.3 Å². The molecule has 0 aliphatic heterocycles. The molecular formula is C38H80NO3P. The fraction of sp³-hybridized carbons (Fsp3) is 1.00. The highest BCUT2D eigenvalue weighted by Gasteiger charge is 2.28. The van der Waals surface area contributed by atoms with E-state index in [0.717, 1.165) is 38.5 Å². The lowest BCUT2D eigenvalue weighted by Gasteiger charge is -2.26. The predicted molar refractivity (Wildman–Crippen MR) is 192 cm³/mol. The molecule has 0 rings (SSSR count). The normalized spacial score (nSPS) is 13.2. The highest BCUT2D eigenvalue weighted by molar-refractivity contribution is 7.50. The van der Waals surface area contributed by atoms with Gasteiger partial charge in [0, 0.05) is 13.1 Å². The second kappa shape index (κ2) is 35.0. The fourth-order valence-electron chi connectivity index (χ4n) is 6.14. The van der Waals surface area contributed by atoms with Gasteiger partial charge in [-0.05, 0) is 19.3 Å². The molecule has 0 aromatic carbocycles. The third kappa shape index (κ3) is 31.9. The quantitative estimate of drug-likeness (QED) is 0.0548. The zero-order valence-corrected chi connectivity index (χ0v) is 30.8. The number of hydrogen-bond donors (Lipinski definition) is 1. The minimum absolute atomic E-state index is 0.410. The Bertz CT molecular complexity index is 543.